The first kappa shape index (κ1) is 18.7. The second kappa shape index (κ2) is 7.67. The Labute approximate surface area is 160 Å². The summed E-state index contributed by atoms with van der Waals surface area (Å²) >= 11 is 11.7. The van der Waals surface area contributed by atoms with Crippen molar-refractivity contribution < 1.29 is 13.2 Å². The minimum Gasteiger partial charge on any atom is -0.360 e. The van der Waals surface area contributed by atoms with E-state index in [1.165, 1.54) is 18.2 Å². The van der Waals surface area contributed by atoms with Gasteiger partial charge in [0.05, 0.1) is 10.6 Å². The summed E-state index contributed by atoms with van der Waals surface area (Å²) in [6.45, 7) is 0.134. The number of carbonyl (C=O) groups excluding carboxylic acids is 1. The van der Waals surface area contributed by atoms with E-state index in [1.807, 2.05) is 24.3 Å². The highest BCUT2D eigenvalue weighted by Gasteiger charge is 2.18. The maximum Gasteiger partial charge on any atom is 0.253 e. The fourth-order valence-electron chi connectivity index (χ4n) is 2.48. The van der Waals surface area contributed by atoms with Crippen molar-refractivity contribution in [2.24, 2.45) is 0 Å². The zero-order chi connectivity index (χ0) is 18.7. The number of fused-ring (bicyclic) bond motifs is 1. The molecule has 2 aromatic carbocycles. The van der Waals surface area contributed by atoms with E-state index in [1.54, 1.807) is 6.20 Å². The monoisotopic (exact) mass is 411 g/mol. The Morgan fingerprint density at radius 2 is 1.85 bits per heavy atom. The first-order valence-corrected chi connectivity index (χ1v) is 9.91. The smallest absolute Gasteiger partial charge is 0.253 e. The van der Waals surface area contributed by atoms with Crippen molar-refractivity contribution >= 4 is 50.0 Å². The van der Waals surface area contributed by atoms with Gasteiger partial charge in [-0.3, -0.25) is 4.79 Å². The first-order valence-electron chi connectivity index (χ1n) is 7.67. The average Bonchev–Trinajstić information content (AvgIpc) is 3.05. The quantitative estimate of drug-likeness (QED) is 0.543. The highest BCUT2D eigenvalue weighted by atomic mass is 35.5. The number of carbonyl (C=O) groups is 1. The molecule has 26 heavy (non-hydrogen) atoms. The maximum absolute atomic E-state index is 12.3. The number of hydrogen-bond acceptors (Lipinski definition) is 3. The van der Waals surface area contributed by atoms with Gasteiger partial charge in [0.15, 0.2) is 0 Å². The summed E-state index contributed by atoms with van der Waals surface area (Å²) in [5.74, 6) is -0.289. The number of sulfonamides is 1. The normalized spacial score (nSPS) is 11.6. The summed E-state index contributed by atoms with van der Waals surface area (Å²) in [5.41, 5.74) is 1.36. The second-order valence-electron chi connectivity index (χ2n) is 5.48. The van der Waals surface area contributed by atoms with Gasteiger partial charge in [-0.05, 0) is 24.3 Å². The molecule has 0 bridgehead atoms. The molecule has 0 aliphatic carbocycles. The minimum atomic E-state index is -3.82. The number of para-hydroxylation sites is 1. The number of aromatic nitrogens is 1. The highest BCUT2D eigenvalue weighted by molar-refractivity contribution is 7.89. The largest absolute Gasteiger partial charge is 0.360 e. The van der Waals surface area contributed by atoms with E-state index in [4.69, 9.17) is 23.2 Å². The highest BCUT2D eigenvalue weighted by Crippen LogP contribution is 2.24. The lowest BCUT2D eigenvalue weighted by atomic mass is 10.1. The fourth-order valence-corrected chi connectivity index (χ4v) is 4.27. The summed E-state index contributed by atoms with van der Waals surface area (Å²) in [6.07, 6.45) is 1.62. The molecule has 0 saturated carbocycles. The van der Waals surface area contributed by atoms with Crippen LogP contribution in [-0.2, 0) is 10.0 Å². The number of halogens is 2. The van der Waals surface area contributed by atoms with Gasteiger partial charge in [0.2, 0.25) is 10.0 Å². The van der Waals surface area contributed by atoms with Crippen molar-refractivity contribution in [2.45, 2.75) is 4.90 Å². The van der Waals surface area contributed by atoms with Gasteiger partial charge < -0.3 is 10.3 Å². The van der Waals surface area contributed by atoms with Crippen LogP contribution in [0.15, 0.2) is 53.6 Å². The Morgan fingerprint density at radius 1 is 1.08 bits per heavy atom. The minimum absolute atomic E-state index is 0.0132. The molecule has 0 atom stereocenters. The molecule has 3 aromatic rings. The molecule has 0 aliphatic heterocycles. The summed E-state index contributed by atoms with van der Waals surface area (Å²) in [6, 6.07) is 11.6. The Balaban J connectivity index is 1.60. The number of rotatable bonds is 6. The second-order valence-corrected chi connectivity index (χ2v) is 8.06. The molecule has 0 aliphatic rings. The van der Waals surface area contributed by atoms with Crippen LogP contribution >= 0.6 is 23.2 Å². The number of nitrogens with one attached hydrogen (secondary N) is 3. The molecular formula is C17H15Cl2N3O3S. The molecule has 1 amide bonds. The third-order valence-electron chi connectivity index (χ3n) is 3.72. The Hall–Kier alpha value is -2.06. The number of amides is 1. The van der Waals surface area contributed by atoms with Gasteiger partial charge in [-0.15, -0.1) is 0 Å². The average molecular weight is 412 g/mol. The van der Waals surface area contributed by atoms with E-state index < -0.39 is 10.0 Å². The molecule has 3 rings (SSSR count). The molecule has 9 heteroatoms. The summed E-state index contributed by atoms with van der Waals surface area (Å²) in [5, 5.41) is 3.82. The molecule has 0 fully saturated rings. The molecule has 0 saturated heterocycles. The van der Waals surface area contributed by atoms with Gasteiger partial charge in [-0.1, -0.05) is 41.4 Å². The molecule has 0 unspecified atom stereocenters. The number of H-pyrrole nitrogens is 1. The van der Waals surface area contributed by atoms with Gasteiger partial charge in [-0.25, -0.2) is 13.1 Å². The Bertz CT molecular complexity index is 1060. The number of benzene rings is 2. The lowest BCUT2D eigenvalue weighted by molar-refractivity contribution is 0.0956. The predicted octanol–water partition coefficient (Wildman–Crippen LogP) is 3.18. The van der Waals surface area contributed by atoms with E-state index in [-0.39, 0.29) is 33.9 Å². The van der Waals surface area contributed by atoms with Crippen molar-refractivity contribution in [1.29, 1.82) is 0 Å². The van der Waals surface area contributed by atoms with E-state index in [2.05, 4.69) is 15.0 Å². The number of hydrogen-bond donors (Lipinski definition) is 3. The topological polar surface area (TPSA) is 91.1 Å². The van der Waals surface area contributed by atoms with Gasteiger partial charge >= 0.3 is 0 Å². The van der Waals surface area contributed by atoms with E-state index in [0.29, 0.717) is 5.56 Å². The van der Waals surface area contributed by atoms with Crippen LogP contribution in [0.5, 0.6) is 0 Å². The standard InChI is InChI=1S/C17H15Cl2N3O3S/c18-11-5-6-14(19)16(9-11)26(24,25)22-8-7-20-17(23)13-10-21-15-4-2-1-3-12(13)15/h1-6,9-10,21-22H,7-8H2,(H,20,23). The lowest BCUT2D eigenvalue weighted by Crippen LogP contribution is -2.34. The van der Waals surface area contributed by atoms with E-state index in [9.17, 15) is 13.2 Å². The van der Waals surface area contributed by atoms with Gasteiger partial charge in [0.25, 0.3) is 5.91 Å². The van der Waals surface area contributed by atoms with Crippen LogP contribution in [0.1, 0.15) is 10.4 Å². The molecule has 0 radical (unpaired) electrons. The van der Waals surface area contributed by atoms with Crippen LogP contribution in [0, 0.1) is 0 Å². The molecule has 1 heterocycles. The van der Waals surface area contributed by atoms with E-state index >= 15 is 0 Å². The van der Waals surface area contributed by atoms with Crippen molar-refractivity contribution in [1.82, 2.24) is 15.0 Å². The van der Waals surface area contributed by atoms with E-state index in [0.717, 1.165) is 10.9 Å². The summed E-state index contributed by atoms with van der Waals surface area (Å²) < 4.78 is 27.0. The lowest BCUT2D eigenvalue weighted by Gasteiger charge is -2.09. The van der Waals surface area contributed by atoms with Gasteiger partial charge in [-0.2, -0.15) is 0 Å². The molecular weight excluding hydrogens is 397 g/mol. The molecule has 0 spiro atoms. The van der Waals surface area contributed by atoms with Crippen LogP contribution < -0.4 is 10.0 Å². The Kier molecular flexibility index (Phi) is 5.52. The number of aromatic amines is 1. The Morgan fingerprint density at radius 3 is 2.65 bits per heavy atom. The fraction of sp³-hybridized carbons (Fsp3) is 0.118. The third-order valence-corrected chi connectivity index (χ3v) is 5.90. The predicted molar refractivity (Wildman–Crippen MR) is 102 cm³/mol. The van der Waals surface area contributed by atoms with Crippen LogP contribution in [0.4, 0.5) is 0 Å². The first-order chi connectivity index (χ1) is 12.4. The van der Waals surface area contributed by atoms with Crippen LogP contribution in [-0.4, -0.2) is 32.4 Å². The zero-order valence-corrected chi connectivity index (χ0v) is 15.8. The van der Waals surface area contributed by atoms with Crippen molar-refractivity contribution in [3.8, 4) is 0 Å². The molecule has 1 aromatic heterocycles. The van der Waals surface area contributed by atoms with Crippen LogP contribution in [0.3, 0.4) is 0 Å². The van der Waals surface area contributed by atoms with Crippen molar-refractivity contribution in [3.05, 3.63) is 64.3 Å². The SMILES string of the molecule is O=C(NCCNS(=O)(=O)c1cc(Cl)ccc1Cl)c1c[nH]c2ccccc12. The maximum atomic E-state index is 12.3. The van der Waals surface area contributed by atoms with Crippen molar-refractivity contribution in [2.75, 3.05) is 13.1 Å². The molecule has 6 nitrogen and oxygen atoms in total. The molecule has 136 valence electrons. The zero-order valence-electron chi connectivity index (χ0n) is 13.4. The molecule has 3 N–H and O–H groups in total. The van der Waals surface area contributed by atoms with Crippen LogP contribution in [0.25, 0.3) is 10.9 Å². The van der Waals surface area contributed by atoms with Gasteiger partial charge in [0.1, 0.15) is 4.90 Å². The summed E-state index contributed by atoms with van der Waals surface area (Å²) in [4.78, 5) is 15.2. The van der Waals surface area contributed by atoms with Gasteiger partial charge in [0, 0.05) is 35.2 Å². The van der Waals surface area contributed by atoms with Crippen LogP contribution in [0.2, 0.25) is 10.0 Å². The van der Waals surface area contributed by atoms with Crippen molar-refractivity contribution in [3.63, 3.8) is 0 Å². The summed E-state index contributed by atoms with van der Waals surface area (Å²) in [7, 11) is -3.82. The third kappa shape index (κ3) is 4.02.